The van der Waals surface area contributed by atoms with E-state index in [0.717, 1.165) is 10.6 Å². The quantitative estimate of drug-likeness (QED) is 0.604. The Kier molecular flexibility index (Phi) is 4.62. The zero-order valence-electron chi connectivity index (χ0n) is 12.8. The fourth-order valence-electron chi connectivity index (χ4n) is 2.33. The lowest BCUT2D eigenvalue weighted by Gasteiger charge is -2.13. The molecule has 0 bridgehead atoms. The fraction of sp³-hybridized carbons (Fsp3) is 0.250. The van der Waals surface area contributed by atoms with Gasteiger partial charge in [0.1, 0.15) is 0 Å². The number of fused-ring (bicyclic) bond motifs is 1. The van der Waals surface area contributed by atoms with E-state index in [0.29, 0.717) is 24.2 Å². The van der Waals surface area contributed by atoms with Gasteiger partial charge in [-0.05, 0) is 18.2 Å². The Morgan fingerprint density at radius 3 is 2.36 bits per heavy atom. The summed E-state index contributed by atoms with van der Waals surface area (Å²) in [4.78, 5) is 29.5. The van der Waals surface area contributed by atoms with Crippen LogP contribution < -0.4 is 5.69 Å². The van der Waals surface area contributed by atoms with Crippen LogP contribution in [0.15, 0.2) is 48.3 Å². The molecule has 6 nitrogen and oxygen atoms in total. The van der Waals surface area contributed by atoms with Crippen LogP contribution in [0.2, 0.25) is 0 Å². The number of amides is 1. The predicted octanol–water partition coefficient (Wildman–Crippen LogP) is 1.81. The Morgan fingerprint density at radius 2 is 1.82 bits per heavy atom. The zero-order valence-corrected chi connectivity index (χ0v) is 12.8. The molecule has 0 saturated heterocycles. The van der Waals surface area contributed by atoms with E-state index in [2.05, 4.69) is 13.2 Å². The van der Waals surface area contributed by atoms with E-state index in [-0.39, 0.29) is 11.6 Å². The summed E-state index contributed by atoms with van der Waals surface area (Å²) in [7, 11) is 2.96. The van der Waals surface area contributed by atoms with E-state index < -0.39 is 0 Å². The fourth-order valence-corrected chi connectivity index (χ4v) is 2.33. The van der Waals surface area contributed by atoms with Crippen molar-refractivity contribution >= 4 is 16.9 Å². The van der Waals surface area contributed by atoms with Crippen LogP contribution >= 0.6 is 0 Å². The molecule has 0 fully saturated rings. The molecule has 0 aliphatic rings. The van der Waals surface area contributed by atoms with Crippen molar-refractivity contribution in [3.8, 4) is 0 Å². The van der Waals surface area contributed by atoms with Crippen LogP contribution in [0.25, 0.3) is 11.0 Å². The number of aromatic nitrogens is 2. The second-order valence-electron chi connectivity index (χ2n) is 4.77. The minimum atomic E-state index is -0.279. The van der Waals surface area contributed by atoms with Crippen molar-refractivity contribution in [1.29, 1.82) is 0 Å². The SMILES string of the molecule is C=CCn1c(=O)n(CC=C)c2cc(C(=O)N(C)OC)ccc21. The van der Waals surface area contributed by atoms with Crippen LogP contribution in [0.5, 0.6) is 0 Å². The van der Waals surface area contributed by atoms with E-state index in [1.165, 1.54) is 14.2 Å². The largest absolute Gasteiger partial charge is 0.329 e. The maximum atomic E-state index is 12.4. The Morgan fingerprint density at radius 1 is 1.23 bits per heavy atom. The molecule has 1 aromatic carbocycles. The van der Waals surface area contributed by atoms with E-state index in [1.807, 2.05) is 0 Å². The standard InChI is InChI=1S/C16H19N3O3/c1-5-9-18-13-8-7-12(15(20)17(3)22-4)11-14(13)19(10-6-2)16(18)21/h5-8,11H,1-2,9-10H2,3-4H3. The van der Waals surface area contributed by atoms with Gasteiger partial charge in [0.15, 0.2) is 0 Å². The molecule has 6 heteroatoms. The number of hydroxylamine groups is 2. The van der Waals surface area contributed by atoms with Crippen molar-refractivity contribution in [2.75, 3.05) is 14.2 Å². The van der Waals surface area contributed by atoms with Gasteiger partial charge in [0.2, 0.25) is 0 Å². The summed E-state index contributed by atoms with van der Waals surface area (Å²) in [6.07, 6.45) is 3.31. The summed E-state index contributed by atoms with van der Waals surface area (Å²) in [5.41, 5.74) is 1.73. The van der Waals surface area contributed by atoms with Crippen LogP contribution in [-0.4, -0.2) is 34.3 Å². The lowest BCUT2D eigenvalue weighted by molar-refractivity contribution is -0.0756. The molecule has 0 aliphatic heterocycles. The molecular weight excluding hydrogens is 282 g/mol. The highest BCUT2D eigenvalue weighted by atomic mass is 16.7. The van der Waals surface area contributed by atoms with Crippen molar-refractivity contribution in [1.82, 2.24) is 14.2 Å². The zero-order chi connectivity index (χ0) is 16.3. The number of hydrogen-bond donors (Lipinski definition) is 0. The summed E-state index contributed by atoms with van der Waals surface area (Å²) in [5, 5.41) is 1.14. The number of carbonyl (C=O) groups excluding carboxylic acids is 1. The second-order valence-corrected chi connectivity index (χ2v) is 4.77. The van der Waals surface area contributed by atoms with Crippen LogP contribution in [-0.2, 0) is 17.9 Å². The van der Waals surface area contributed by atoms with Gasteiger partial charge < -0.3 is 0 Å². The van der Waals surface area contributed by atoms with Gasteiger partial charge in [0.05, 0.1) is 18.1 Å². The third-order valence-electron chi connectivity index (χ3n) is 3.45. The molecule has 116 valence electrons. The van der Waals surface area contributed by atoms with Gasteiger partial charge in [-0.2, -0.15) is 0 Å². The van der Waals surface area contributed by atoms with Gasteiger partial charge in [0, 0.05) is 25.7 Å². The van der Waals surface area contributed by atoms with Gasteiger partial charge in [-0.15, -0.1) is 13.2 Å². The summed E-state index contributed by atoms with van der Waals surface area (Å²) < 4.78 is 3.19. The first-order valence-corrected chi connectivity index (χ1v) is 6.82. The molecule has 2 rings (SSSR count). The van der Waals surface area contributed by atoms with Gasteiger partial charge in [0.25, 0.3) is 5.91 Å². The Hall–Kier alpha value is -2.60. The van der Waals surface area contributed by atoms with E-state index in [1.54, 1.807) is 39.5 Å². The Bertz CT molecular complexity index is 786. The third-order valence-corrected chi connectivity index (χ3v) is 3.45. The first-order valence-electron chi connectivity index (χ1n) is 6.82. The first kappa shape index (κ1) is 15.8. The predicted molar refractivity (Wildman–Crippen MR) is 85.7 cm³/mol. The highest BCUT2D eigenvalue weighted by Gasteiger charge is 2.16. The molecular formula is C16H19N3O3. The second kappa shape index (κ2) is 6.44. The number of imidazole rings is 1. The smallest absolute Gasteiger partial charge is 0.288 e. The molecule has 0 atom stereocenters. The average molecular weight is 301 g/mol. The molecule has 2 aromatic rings. The van der Waals surface area contributed by atoms with Crippen molar-refractivity contribution in [2.24, 2.45) is 0 Å². The number of benzene rings is 1. The van der Waals surface area contributed by atoms with Gasteiger partial charge in [-0.1, -0.05) is 12.2 Å². The summed E-state index contributed by atoms with van der Waals surface area (Å²) >= 11 is 0. The summed E-state index contributed by atoms with van der Waals surface area (Å²) in [6.45, 7) is 8.13. The molecule has 22 heavy (non-hydrogen) atoms. The lowest BCUT2D eigenvalue weighted by Crippen LogP contribution is -2.25. The Labute approximate surface area is 128 Å². The molecule has 0 unspecified atom stereocenters. The third kappa shape index (κ3) is 2.60. The monoisotopic (exact) mass is 301 g/mol. The van der Waals surface area contributed by atoms with Gasteiger partial charge in [-0.3, -0.25) is 18.8 Å². The van der Waals surface area contributed by atoms with E-state index >= 15 is 0 Å². The van der Waals surface area contributed by atoms with Crippen molar-refractivity contribution < 1.29 is 9.63 Å². The van der Waals surface area contributed by atoms with Crippen LogP contribution in [0.4, 0.5) is 0 Å². The molecule has 0 spiro atoms. The van der Waals surface area contributed by atoms with Crippen LogP contribution in [0.3, 0.4) is 0 Å². The normalized spacial score (nSPS) is 10.6. The van der Waals surface area contributed by atoms with Gasteiger partial charge >= 0.3 is 5.69 Å². The van der Waals surface area contributed by atoms with E-state index in [9.17, 15) is 9.59 Å². The number of hydrogen-bond acceptors (Lipinski definition) is 3. The highest BCUT2D eigenvalue weighted by molar-refractivity contribution is 5.96. The minimum Gasteiger partial charge on any atom is -0.288 e. The molecule has 0 aliphatic carbocycles. The molecule has 1 aromatic heterocycles. The summed E-state index contributed by atoms with van der Waals surface area (Å²) in [5.74, 6) is -0.279. The van der Waals surface area contributed by atoms with Crippen LogP contribution in [0, 0.1) is 0 Å². The lowest BCUT2D eigenvalue weighted by atomic mass is 10.2. The minimum absolute atomic E-state index is 0.153. The number of nitrogens with zero attached hydrogens (tertiary/aromatic N) is 3. The van der Waals surface area contributed by atoms with Crippen molar-refractivity contribution in [3.05, 3.63) is 59.6 Å². The van der Waals surface area contributed by atoms with Crippen LogP contribution in [0.1, 0.15) is 10.4 Å². The van der Waals surface area contributed by atoms with Crippen molar-refractivity contribution in [3.63, 3.8) is 0 Å². The summed E-state index contributed by atoms with van der Waals surface area (Å²) in [6, 6.07) is 5.13. The average Bonchev–Trinajstić information content (AvgIpc) is 2.79. The molecule has 0 radical (unpaired) electrons. The molecule has 0 saturated carbocycles. The number of carbonyl (C=O) groups is 1. The number of allylic oxidation sites excluding steroid dienone is 2. The molecule has 0 N–H and O–H groups in total. The maximum Gasteiger partial charge on any atom is 0.329 e. The van der Waals surface area contributed by atoms with E-state index in [4.69, 9.17) is 4.84 Å². The number of rotatable bonds is 6. The van der Waals surface area contributed by atoms with Crippen molar-refractivity contribution in [2.45, 2.75) is 13.1 Å². The first-order chi connectivity index (χ1) is 10.5. The molecule has 1 amide bonds. The highest BCUT2D eigenvalue weighted by Crippen LogP contribution is 2.17. The van der Waals surface area contributed by atoms with Gasteiger partial charge in [-0.25, -0.2) is 9.86 Å². The Balaban J connectivity index is 2.67. The molecule has 1 heterocycles. The maximum absolute atomic E-state index is 12.4. The topological polar surface area (TPSA) is 56.5 Å².